The minimum atomic E-state index is -0.121. The maximum Gasteiger partial charge on any atom is 0.318 e. The fourth-order valence-electron chi connectivity index (χ4n) is 2.82. The Hall–Kier alpha value is -2.35. The summed E-state index contributed by atoms with van der Waals surface area (Å²) in [4.78, 5) is 18.3. The van der Waals surface area contributed by atoms with E-state index in [1.807, 2.05) is 12.1 Å². The van der Waals surface area contributed by atoms with Gasteiger partial charge in [0, 0.05) is 20.7 Å². The van der Waals surface area contributed by atoms with E-state index in [1.165, 1.54) is 0 Å². The number of hydrogen-bond donors (Lipinski definition) is 1. The zero-order valence-electron chi connectivity index (χ0n) is 13.4. The van der Waals surface area contributed by atoms with Crippen molar-refractivity contribution >= 4 is 6.03 Å². The van der Waals surface area contributed by atoms with E-state index in [0.29, 0.717) is 25.5 Å². The molecule has 1 atom stereocenters. The summed E-state index contributed by atoms with van der Waals surface area (Å²) in [6.07, 6.45) is 3.47. The highest BCUT2D eigenvalue weighted by Gasteiger charge is 2.32. The quantitative estimate of drug-likeness (QED) is 0.905. The number of nitrogens with zero attached hydrogens (tertiary/aromatic N) is 4. The fraction of sp³-hybridized carbons (Fsp3) is 0.533. The summed E-state index contributed by atoms with van der Waals surface area (Å²) in [7, 11) is 3.42. The summed E-state index contributed by atoms with van der Waals surface area (Å²) >= 11 is 0. The van der Waals surface area contributed by atoms with E-state index in [-0.39, 0.29) is 12.1 Å². The molecular weight excluding hydrogens is 298 g/mol. The molecule has 8 nitrogen and oxygen atoms in total. The largest absolute Gasteiger partial charge is 0.461 e. The number of furan rings is 1. The van der Waals surface area contributed by atoms with Crippen molar-refractivity contribution in [2.24, 2.45) is 7.05 Å². The number of carbonyl (C=O) groups excluding carboxylic acids is 1. The number of likely N-dealkylation sites (tertiary alicyclic amines) is 1. The molecule has 0 saturated carbocycles. The molecule has 0 radical (unpaired) electrons. The van der Waals surface area contributed by atoms with Crippen LogP contribution in [0.4, 0.5) is 4.79 Å². The lowest BCUT2D eigenvalue weighted by Crippen LogP contribution is -2.39. The van der Waals surface area contributed by atoms with Crippen LogP contribution in [0.15, 0.2) is 22.9 Å². The molecule has 0 aromatic carbocycles. The first kappa shape index (κ1) is 15.5. The molecule has 1 fully saturated rings. The number of carbonyl (C=O) groups is 1. The van der Waals surface area contributed by atoms with Crippen molar-refractivity contribution in [2.75, 3.05) is 13.7 Å². The lowest BCUT2D eigenvalue weighted by Gasteiger charge is -2.23. The molecule has 1 aliphatic rings. The zero-order valence-corrected chi connectivity index (χ0v) is 13.4. The highest BCUT2D eigenvalue weighted by molar-refractivity contribution is 5.74. The lowest BCUT2D eigenvalue weighted by molar-refractivity contribution is 0.156. The fourth-order valence-corrected chi connectivity index (χ4v) is 2.82. The van der Waals surface area contributed by atoms with Crippen molar-refractivity contribution in [3.8, 4) is 0 Å². The van der Waals surface area contributed by atoms with Crippen LogP contribution < -0.4 is 5.32 Å². The molecule has 2 amide bonds. The van der Waals surface area contributed by atoms with Gasteiger partial charge in [-0.05, 0) is 25.0 Å². The Balaban J connectivity index is 1.62. The zero-order chi connectivity index (χ0) is 16.2. The van der Waals surface area contributed by atoms with Gasteiger partial charge in [0.2, 0.25) is 0 Å². The van der Waals surface area contributed by atoms with E-state index in [4.69, 9.17) is 9.15 Å². The van der Waals surface area contributed by atoms with Crippen LogP contribution >= 0.6 is 0 Å². The standard InChI is InChI=1S/C15H21N5O3/c1-19-10-17-14(18-19)8-16-15(21)20-7-3-4-12(20)13-6-5-11(23-13)9-22-2/h5-6,10,12H,3-4,7-9H2,1-2H3,(H,16,21)/t12-/m1/s1. The molecule has 3 heterocycles. The summed E-state index contributed by atoms with van der Waals surface area (Å²) in [5.41, 5.74) is 0. The summed E-state index contributed by atoms with van der Waals surface area (Å²) in [5.74, 6) is 2.17. The number of rotatable bonds is 5. The van der Waals surface area contributed by atoms with Gasteiger partial charge in [-0.15, -0.1) is 0 Å². The second kappa shape index (κ2) is 6.82. The molecule has 0 aliphatic carbocycles. The Kier molecular flexibility index (Phi) is 4.61. The van der Waals surface area contributed by atoms with Crippen LogP contribution in [0.2, 0.25) is 0 Å². The molecule has 124 valence electrons. The number of amides is 2. The maximum absolute atomic E-state index is 12.4. The van der Waals surface area contributed by atoms with Crippen LogP contribution in [0.25, 0.3) is 0 Å². The van der Waals surface area contributed by atoms with E-state index in [2.05, 4.69) is 15.4 Å². The van der Waals surface area contributed by atoms with Gasteiger partial charge in [-0.2, -0.15) is 5.10 Å². The Morgan fingerprint density at radius 1 is 1.52 bits per heavy atom. The smallest absolute Gasteiger partial charge is 0.318 e. The van der Waals surface area contributed by atoms with Crippen molar-refractivity contribution in [3.05, 3.63) is 35.8 Å². The van der Waals surface area contributed by atoms with Crippen LogP contribution in [-0.4, -0.2) is 39.4 Å². The number of methoxy groups -OCH3 is 1. The number of aryl methyl sites for hydroxylation is 1. The average molecular weight is 319 g/mol. The first-order valence-electron chi connectivity index (χ1n) is 7.64. The van der Waals surface area contributed by atoms with Gasteiger partial charge in [0.1, 0.15) is 24.5 Å². The first-order chi connectivity index (χ1) is 11.2. The highest BCUT2D eigenvalue weighted by atomic mass is 16.5. The third-order valence-corrected chi connectivity index (χ3v) is 3.86. The Morgan fingerprint density at radius 3 is 3.13 bits per heavy atom. The monoisotopic (exact) mass is 319 g/mol. The average Bonchev–Trinajstić information content (AvgIpc) is 3.24. The van der Waals surface area contributed by atoms with Crippen molar-refractivity contribution in [3.63, 3.8) is 0 Å². The molecule has 23 heavy (non-hydrogen) atoms. The van der Waals surface area contributed by atoms with Crippen LogP contribution in [0, 0.1) is 0 Å². The normalized spacial score (nSPS) is 17.7. The van der Waals surface area contributed by atoms with Gasteiger partial charge < -0.3 is 19.4 Å². The van der Waals surface area contributed by atoms with E-state index >= 15 is 0 Å². The summed E-state index contributed by atoms with van der Waals surface area (Å²) < 4.78 is 12.5. The molecular formula is C15H21N5O3. The van der Waals surface area contributed by atoms with Gasteiger partial charge in [-0.25, -0.2) is 9.78 Å². The summed E-state index contributed by atoms with van der Waals surface area (Å²) in [6.45, 7) is 1.46. The van der Waals surface area contributed by atoms with Gasteiger partial charge in [0.15, 0.2) is 5.82 Å². The molecule has 0 spiro atoms. The second-order valence-corrected chi connectivity index (χ2v) is 5.58. The molecule has 2 aromatic heterocycles. The van der Waals surface area contributed by atoms with Crippen LogP contribution in [0.3, 0.4) is 0 Å². The molecule has 3 rings (SSSR count). The number of nitrogens with one attached hydrogen (secondary N) is 1. The second-order valence-electron chi connectivity index (χ2n) is 5.58. The summed E-state index contributed by atoms with van der Waals surface area (Å²) in [6, 6.07) is 3.66. The van der Waals surface area contributed by atoms with Crippen molar-refractivity contribution < 1.29 is 13.9 Å². The van der Waals surface area contributed by atoms with Crippen molar-refractivity contribution in [1.29, 1.82) is 0 Å². The topological polar surface area (TPSA) is 85.4 Å². The molecule has 0 unspecified atom stereocenters. The maximum atomic E-state index is 12.4. The Bertz CT molecular complexity index is 666. The lowest BCUT2D eigenvalue weighted by atomic mass is 10.2. The van der Waals surface area contributed by atoms with Gasteiger partial charge in [0.25, 0.3) is 0 Å². The Morgan fingerprint density at radius 2 is 2.39 bits per heavy atom. The first-order valence-corrected chi connectivity index (χ1v) is 7.64. The van der Waals surface area contributed by atoms with Crippen LogP contribution in [0.1, 0.15) is 36.2 Å². The van der Waals surface area contributed by atoms with Gasteiger partial charge in [0.05, 0.1) is 12.6 Å². The SMILES string of the molecule is COCc1ccc([C@H]2CCCN2C(=O)NCc2ncn(C)n2)o1. The van der Waals surface area contributed by atoms with E-state index in [9.17, 15) is 4.79 Å². The molecule has 1 aliphatic heterocycles. The number of ether oxygens (including phenoxy) is 1. The van der Waals surface area contributed by atoms with Gasteiger partial charge in [-0.1, -0.05) is 0 Å². The van der Waals surface area contributed by atoms with Gasteiger partial charge >= 0.3 is 6.03 Å². The third kappa shape index (κ3) is 3.53. The van der Waals surface area contributed by atoms with E-state index < -0.39 is 0 Å². The van der Waals surface area contributed by atoms with Crippen LogP contribution in [-0.2, 0) is 24.9 Å². The minimum absolute atomic E-state index is 0.0303. The van der Waals surface area contributed by atoms with E-state index in [1.54, 1.807) is 30.1 Å². The molecule has 1 N–H and O–H groups in total. The van der Waals surface area contributed by atoms with Crippen LogP contribution in [0.5, 0.6) is 0 Å². The van der Waals surface area contributed by atoms with Gasteiger partial charge in [-0.3, -0.25) is 4.68 Å². The van der Waals surface area contributed by atoms with E-state index in [0.717, 1.165) is 24.4 Å². The van der Waals surface area contributed by atoms with Crippen molar-refractivity contribution in [2.45, 2.75) is 32.0 Å². The molecule has 0 bridgehead atoms. The minimum Gasteiger partial charge on any atom is -0.461 e. The summed E-state index contributed by atoms with van der Waals surface area (Å²) in [5, 5.41) is 7.02. The highest BCUT2D eigenvalue weighted by Crippen LogP contribution is 2.33. The predicted molar refractivity (Wildman–Crippen MR) is 81.3 cm³/mol. The number of aromatic nitrogens is 3. The van der Waals surface area contributed by atoms with Crippen molar-refractivity contribution in [1.82, 2.24) is 25.0 Å². The number of hydrogen-bond acceptors (Lipinski definition) is 5. The predicted octanol–water partition coefficient (Wildman–Crippen LogP) is 1.60. The third-order valence-electron chi connectivity index (χ3n) is 3.86. The molecule has 8 heteroatoms. The molecule has 1 saturated heterocycles. The molecule has 2 aromatic rings. The number of urea groups is 1. The Labute approximate surface area is 134 Å².